The van der Waals surface area contributed by atoms with Crippen LogP contribution in [0, 0.1) is 5.92 Å². The molecule has 25 heavy (non-hydrogen) atoms. The number of benzene rings is 1. The average Bonchev–Trinajstić information content (AvgIpc) is 2.61. The van der Waals surface area contributed by atoms with Crippen LogP contribution in [-0.2, 0) is 14.8 Å². The van der Waals surface area contributed by atoms with E-state index < -0.39 is 10.0 Å². The van der Waals surface area contributed by atoms with Gasteiger partial charge in [0.25, 0.3) is 0 Å². The topological polar surface area (TPSA) is 57.7 Å². The van der Waals surface area contributed by atoms with Gasteiger partial charge >= 0.3 is 0 Å². The van der Waals surface area contributed by atoms with E-state index in [1.165, 1.54) is 10.7 Å². The number of amides is 1. The molecule has 0 bridgehead atoms. The summed E-state index contributed by atoms with van der Waals surface area (Å²) in [5.41, 5.74) is 0. The van der Waals surface area contributed by atoms with Gasteiger partial charge in [0.2, 0.25) is 15.9 Å². The number of hydrogen-bond acceptors (Lipinski definition) is 3. The van der Waals surface area contributed by atoms with E-state index in [0.717, 1.165) is 30.2 Å². The van der Waals surface area contributed by atoms with Crippen molar-refractivity contribution >= 4 is 47.8 Å². The third-order valence-corrected chi connectivity index (χ3v) is 8.39. The molecule has 1 saturated carbocycles. The van der Waals surface area contributed by atoms with Crippen LogP contribution in [0.25, 0.3) is 0 Å². The summed E-state index contributed by atoms with van der Waals surface area (Å²) in [4.78, 5) is 14.7. The van der Waals surface area contributed by atoms with Crippen molar-refractivity contribution in [2.45, 2.75) is 37.0 Å². The van der Waals surface area contributed by atoms with Gasteiger partial charge in [-0.05, 0) is 47.0 Å². The number of carbonyl (C=O) groups is 1. The molecule has 1 aliphatic heterocycles. The van der Waals surface area contributed by atoms with E-state index in [1.54, 1.807) is 18.2 Å². The standard InChI is InChI=1S/C17H22Br2N2O3S/c18-14-6-7-16(15(19)12-14)25(23,24)21-10-8-20(9-11-21)17(22)13-4-2-1-3-5-13/h6-7,12-13H,1-5,8-11H2. The molecule has 138 valence electrons. The second kappa shape index (κ2) is 8.06. The molecule has 0 radical (unpaired) electrons. The van der Waals surface area contributed by atoms with E-state index in [2.05, 4.69) is 31.9 Å². The molecule has 0 aromatic heterocycles. The van der Waals surface area contributed by atoms with Crippen molar-refractivity contribution in [2.75, 3.05) is 26.2 Å². The number of sulfonamides is 1. The Morgan fingerprint density at radius 1 is 1.00 bits per heavy atom. The maximum Gasteiger partial charge on any atom is 0.244 e. The lowest BCUT2D eigenvalue weighted by atomic mass is 9.88. The fraction of sp³-hybridized carbons (Fsp3) is 0.588. The minimum Gasteiger partial charge on any atom is -0.340 e. The third kappa shape index (κ3) is 4.28. The highest BCUT2D eigenvalue weighted by Gasteiger charge is 2.33. The smallest absolute Gasteiger partial charge is 0.244 e. The van der Waals surface area contributed by atoms with Gasteiger partial charge in [-0.3, -0.25) is 4.79 Å². The first-order valence-electron chi connectivity index (χ1n) is 8.63. The van der Waals surface area contributed by atoms with Crippen molar-refractivity contribution in [2.24, 2.45) is 5.92 Å². The fourth-order valence-electron chi connectivity index (χ4n) is 3.58. The highest BCUT2D eigenvalue weighted by Crippen LogP contribution is 2.29. The first-order chi connectivity index (χ1) is 11.9. The van der Waals surface area contributed by atoms with Gasteiger partial charge in [-0.2, -0.15) is 4.31 Å². The minimum absolute atomic E-state index is 0.137. The second-order valence-corrected chi connectivity index (χ2v) is 10.3. The Kier molecular flexibility index (Phi) is 6.23. The number of rotatable bonds is 3. The van der Waals surface area contributed by atoms with Crippen LogP contribution in [0.2, 0.25) is 0 Å². The molecule has 0 spiro atoms. The van der Waals surface area contributed by atoms with Crippen molar-refractivity contribution in [3.05, 3.63) is 27.1 Å². The van der Waals surface area contributed by atoms with E-state index in [-0.39, 0.29) is 16.7 Å². The molecule has 2 aliphatic rings. The van der Waals surface area contributed by atoms with Crippen LogP contribution in [0.3, 0.4) is 0 Å². The molecule has 3 rings (SSSR count). The lowest BCUT2D eigenvalue weighted by Gasteiger charge is -2.36. The summed E-state index contributed by atoms with van der Waals surface area (Å²) in [5.74, 6) is 0.346. The molecule has 0 N–H and O–H groups in total. The Labute approximate surface area is 166 Å². The van der Waals surface area contributed by atoms with Crippen LogP contribution in [-0.4, -0.2) is 49.7 Å². The predicted molar refractivity (Wildman–Crippen MR) is 104 cm³/mol. The van der Waals surface area contributed by atoms with Gasteiger partial charge in [0.05, 0.1) is 4.90 Å². The summed E-state index contributed by atoms with van der Waals surface area (Å²) in [6.45, 7) is 1.65. The summed E-state index contributed by atoms with van der Waals surface area (Å²) >= 11 is 6.67. The van der Waals surface area contributed by atoms with Crippen molar-refractivity contribution in [3.8, 4) is 0 Å². The maximum atomic E-state index is 12.9. The Morgan fingerprint density at radius 2 is 1.64 bits per heavy atom. The zero-order valence-electron chi connectivity index (χ0n) is 14.0. The number of halogens is 2. The van der Waals surface area contributed by atoms with E-state index in [9.17, 15) is 13.2 Å². The van der Waals surface area contributed by atoms with E-state index >= 15 is 0 Å². The number of piperazine rings is 1. The predicted octanol–water partition coefficient (Wildman–Crippen LogP) is 3.62. The SMILES string of the molecule is O=C(C1CCCCC1)N1CCN(S(=O)(=O)c2ccc(Br)cc2Br)CC1. The molecule has 5 nitrogen and oxygen atoms in total. The van der Waals surface area contributed by atoms with Gasteiger partial charge in [0.15, 0.2) is 0 Å². The lowest BCUT2D eigenvalue weighted by molar-refractivity contribution is -0.137. The summed E-state index contributed by atoms with van der Waals surface area (Å²) < 4.78 is 28.6. The first kappa shape index (κ1) is 19.3. The van der Waals surface area contributed by atoms with E-state index in [0.29, 0.717) is 30.7 Å². The fourth-order valence-corrected chi connectivity index (χ4v) is 6.71. The Morgan fingerprint density at radius 3 is 2.24 bits per heavy atom. The maximum absolute atomic E-state index is 12.9. The van der Waals surface area contributed by atoms with E-state index in [4.69, 9.17) is 0 Å². The largest absolute Gasteiger partial charge is 0.340 e. The van der Waals surface area contributed by atoms with Crippen molar-refractivity contribution in [1.82, 2.24) is 9.21 Å². The molecular formula is C17H22Br2N2O3S. The van der Waals surface area contributed by atoms with Crippen LogP contribution in [0.15, 0.2) is 32.0 Å². The Bertz CT molecular complexity index is 740. The first-order valence-corrected chi connectivity index (χ1v) is 11.7. The summed E-state index contributed by atoms with van der Waals surface area (Å²) in [5, 5.41) is 0. The van der Waals surface area contributed by atoms with Gasteiger partial charge in [0, 0.05) is 41.0 Å². The summed E-state index contributed by atoms with van der Waals surface area (Å²) in [7, 11) is -3.56. The Balaban J connectivity index is 1.66. The molecule has 0 atom stereocenters. The number of carbonyl (C=O) groups excluding carboxylic acids is 1. The lowest BCUT2D eigenvalue weighted by Crippen LogP contribution is -2.52. The monoisotopic (exact) mass is 492 g/mol. The summed E-state index contributed by atoms with van der Waals surface area (Å²) in [6, 6.07) is 5.05. The second-order valence-electron chi connectivity index (χ2n) is 6.64. The minimum atomic E-state index is -3.56. The quantitative estimate of drug-likeness (QED) is 0.646. The molecule has 1 heterocycles. The van der Waals surface area contributed by atoms with Crippen molar-refractivity contribution < 1.29 is 13.2 Å². The molecule has 1 aromatic rings. The average molecular weight is 494 g/mol. The molecule has 1 saturated heterocycles. The number of nitrogens with zero attached hydrogens (tertiary/aromatic N) is 2. The van der Waals surface area contributed by atoms with Gasteiger partial charge in [0.1, 0.15) is 0 Å². The molecule has 2 fully saturated rings. The molecule has 1 amide bonds. The molecule has 0 unspecified atom stereocenters. The Hall–Kier alpha value is -0.440. The molecular weight excluding hydrogens is 472 g/mol. The highest BCUT2D eigenvalue weighted by atomic mass is 79.9. The van der Waals surface area contributed by atoms with Crippen LogP contribution >= 0.6 is 31.9 Å². The molecule has 1 aromatic carbocycles. The van der Waals surface area contributed by atoms with Crippen molar-refractivity contribution in [3.63, 3.8) is 0 Å². The van der Waals surface area contributed by atoms with Crippen LogP contribution in [0.1, 0.15) is 32.1 Å². The zero-order valence-corrected chi connectivity index (χ0v) is 17.9. The van der Waals surface area contributed by atoms with Crippen LogP contribution < -0.4 is 0 Å². The van der Waals surface area contributed by atoms with E-state index in [1.807, 2.05) is 4.90 Å². The highest BCUT2D eigenvalue weighted by molar-refractivity contribution is 9.11. The van der Waals surface area contributed by atoms with Gasteiger partial charge < -0.3 is 4.90 Å². The normalized spacial score (nSPS) is 20.6. The van der Waals surface area contributed by atoms with Gasteiger partial charge in [-0.15, -0.1) is 0 Å². The molecule has 8 heteroatoms. The third-order valence-electron chi connectivity index (χ3n) is 5.02. The van der Waals surface area contributed by atoms with Crippen LogP contribution in [0.4, 0.5) is 0 Å². The van der Waals surface area contributed by atoms with Gasteiger partial charge in [-0.25, -0.2) is 8.42 Å². The van der Waals surface area contributed by atoms with Crippen LogP contribution in [0.5, 0.6) is 0 Å². The van der Waals surface area contributed by atoms with Crippen molar-refractivity contribution in [1.29, 1.82) is 0 Å². The zero-order chi connectivity index (χ0) is 18.0. The number of hydrogen-bond donors (Lipinski definition) is 0. The summed E-state index contributed by atoms with van der Waals surface area (Å²) in [6.07, 6.45) is 5.43. The van der Waals surface area contributed by atoms with Gasteiger partial charge in [-0.1, -0.05) is 35.2 Å². The molecule has 1 aliphatic carbocycles.